The quantitative estimate of drug-likeness (QED) is 0.372. The number of ether oxygens (including phenoxy) is 1. The first-order valence-corrected chi connectivity index (χ1v) is 10.6. The van der Waals surface area contributed by atoms with E-state index in [1.54, 1.807) is 6.92 Å². The molecule has 0 saturated heterocycles. The zero-order chi connectivity index (χ0) is 23.3. The van der Waals surface area contributed by atoms with Crippen molar-refractivity contribution in [3.8, 4) is 5.75 Å². The summed E-state index contributed by atoms with van der Waals surface area (Å²) in [7, 11) is 0. The zero-order valence-corrected chi connectivity index (χ0v) is 18.3. The topological polar surface area (TPSA) is 131 Å². The van der Waals surface area contributed by atoms with Crippen LogP contribution in [0.1, 0.15) is 30.9 Å². The van der Waals surface area contributed by atoms with Crippen molar-refractivity contribution in [2.24, 2.45) is 11.7 Å². The van der Waals surface area contributed by atoms with Gasteiger partial charge < -0.3 is 26.2 Å². The van der Waals surface area contributed by atoms with Crippen molar-refractivity contribution in [1.82, 2.24) is 10.6 Å². The largest absolute Gasteiger partial charge is 0.489 e. The molecule has 2 rings (SSSR count). The Morgan fingerprint density at radius 1 is 1.03 bits per heavy atom. The number of carbonyl (C=O) groups is 3. The molecule has 0 spiro atoms. The molecule has 3 amide bonds. The second kappa shape index (κ2) is 13.1. The van der Waals surface area contributed by atoms with Crippen molar-refractivity contribution < 1.29 is 24.2 Å². The average molecular weight is 442 g/mol. The highest BCUT2D eigenvalue weighted by Gasteiger charge is 2.22. The summed E-state index contributed by atoms with van der Waals surface area (Å²) in [6.45, 7) is 2.00. The molecule has 0 bridgehead atoms. The summed E-state index contributed by atoms with van der Waals surface area (Å²) in [5.74, 6) is -0.927. The number of benzene rings is 2. The Hall–Kier alpha value is -3.39. The Kier molecular flexibility index (Phi) is 10.2. The van der Waals surface area contributed by atoms with Crippen LogP contribution in [0, 0.1) is 5.92 Å². The molecule has 0 radical (unpaired) electrons. The van der Waals surface area contributed by atoms with E-state index in [9.17, 15) is 14.4 Å². The number of rotatable bonds is 13. The predicted octanol–water partition coefficient (Wildman–Crippen LogP) is 1.30. The normalized spacial score (nSPS) is 12.4. The van der Waals surface area contributed by atoms with Crippen LogP contribution in [0.25, 0.3) is 0 Å². The molecule has 32 heavy (non-hydrogen) atoms. The summed E-state index contributed by atoms with van der Waals surface area (Å²) in [5.41, 5.74) is 7.13. The van der Waals surface area contributed by atoms with Gasteiger partial charge in [-0.3, -0.25) is 14.4 Å². The van der Waals surface area contributed by atoms with E-state index < -0.39 is 17.9 Å². The summed E-state index contributed by atoms with van der Waals surface area (Å²) >= 11 is 0. The maximum Gasteiger partial charge on any atom is 0.243 e. The summed E-state index contributed by atoms with van der Waals surface area (Å²) < 4.78 is 5.78. The number of nitrogens with one attached hydrogen (secondary N) is 2. The average Bonchev–Trinajstić information content (AvgIpc) is 2.80. The maximum absolute atomic E-state index is 12.5. The molecule has 0 aliphatic rings. The van der Waals surface area contributed by atoms with Gasteiger partial charge in [-0.05, 0) is 29.7 Å². The molecule has 0 aliphatic heterocycles. The van der Waals surface area contributed by atoms with Crippen LogP contribution in [-0.4, -0.2) is 42.0 Å². The Labute approximate surface area is 188 Å². The first kappa shape index (κ1) is 24.9. The monoisotopic (exact) mass is 441 g/mol. The van der Waals surface area contributed by atoms with Crippen LogP contribution in [0.2, 0.25) is 0 Å². The molecule has 8 nitrogen and oxygen atoms in total. The van der Waals surface area contributed by atoms with E-state index in [4.69, 9.17) is 15.6 Å². The van der Waals surface area contributed by atoms with Gasteiger partial charge in [0.1, 0.15) is 18.4 Å². The molecule has 2 aromatic carbocycles. The van der Waals surface area contributed by atoms with E-state index in [-0.39, 0.29) is 37.8 Å². The first-order valence-electron chi connectivity index (χ1n) is 10.6. The number of hydrogen-bond acceptors (Lipinski definition) is 5. The Balaban J connectivity index is 1.95. The van der Waals surface area contributed by atoms with E-state index >= 15 is 0 Å². The number of aliphatic hydroxyl groups is 1. The molecule has 8 heteroatoms. The Bertz CT molecular complexity index is 871. The summed E-state index contributed by atoms with van der Waals surface area (Å²) in [6, 6.07) is 16.3. The molecular formula is C24H31N3O5. The van der Waals surface area contributed by atoms with E-state index in [0.29, 0.717) is 18.8 Å². The van der Waals surface area contributed by atoms with Gasteiger partial charge in [-0.25, -0.2) is 0 Å². The van der Waals surface area contributed by atoms with E-state index in [2.05, 4.69) is 10.6 Å². The minimum atomic E-state index is -0.811. The van der Waals surface area contributed by atoms with Gasteiger partial charge in [-0.1, -0.05) is 49.4 Å². The van der Waals surface area contributed by atoms with E-state index in [0.717, 1.165) is 11.1 Å². The third-order valence-electron chi connectivity index (χ3n) is 4.96. The lowest BCUT2D eigenvalue weighted by Crippen LogP contribution is -2.48. The van der Waals surface area contributed by atoms with Crippen LogP contribution < -0.4 is 21.1 Å². The Morgan fingerprint density at radius 2 is 1.72 bits per heavy atom. The molecule has 0 heterocycles. The van der Waals surface area contributed by atoms with Crippen LogP contribution in [-0.2, 0) is 27.4 Å². The highest BCUT2D eigenvalue weighted by Crippen LogP contribution is 2.16. The molecule has 172 valence electrons. The minimum absolute atomic E-state index is 0.0835. The number of amides is 3. The van der Waals surface area contributed by atoms with Crippen molar-refractivity contribution >= 4 is 17.7 Å². The fourth-order valence-electron chi connectivity index (χ4n) is 2.97. The first-order chi connectivity index (χ1) is 15.4. The molecule has 0 aliphatic carbocycles. The number of nitrogens with two attached hydrogens (primary N) is 1. The fraction of sp³-hybridized carbons (Fsp3) is 0.375. The van der Waals surface area contributed by atoms with Gasteiger partial charge in [0.15, 0.2) is 0 Å². The van der Waals surface area contributed by atoms with Crippen LogP contribution in [0.3, 0.4) is 0 Å². The van der Waals surface area contributed by atoms with Crippen molar-refractivity contribution in [2.45, 2.75) is 38.8 Å². The summed E-state index contributed by atoms with van der Waals surface area (Å²) in [5, 5.41) is 14.3. The van der Waals surface area contributed by atoms with Gasteiger partial charge in [0.25, 0.3) is 0 Å². The highest BCUT2D eigenvalue weighted by molar-refractivity contribution is 5.88. The lowest BCUT2D eigenvalue weighted by atomic mass is 10.0. The molecule has 0 aromatic heterocycles. The SMILES string of the molecule is CC(CCC(=O)NC(Cc1ccc(OCc2ccccc2)cc1)C(=O)NCCO)C(N)=O. The number of hydrogen-bond donors (Lipinski definition) is 4. The van der Waals surface area contributed by atoms with Crippen molar-refractivity contribution in [2.75, 3.05) is 13.2 Å². The molecule has 5 N–H and O–H groups in total. The molecule has 2 unspecified atom stereocenters. The summed E-state index contributed by atoms with van der Waals surface area (Å²) in [6.07, 6.45) is 0.660. The van der Waals surface area contributed by atoms with Crippen LogP contribution in [0.15, 0.2) is 54.6 Å². The smallest absolute Gasteiger partial charge is 0.243 e. The molecule has 0 saturated carbocycles. The van der Waals surface area contributed by atoms with Crippen molar-refractivity contribution in [3.63, 3.8) is 0 Å². The van der Waals surface area contributed by atoms with Gasteiger partial charge in [0.2, 0.25) is 17.7 Å². The number of carbonyl (C=O) groups excluding carboxylic acids is 3. The van der Waals surface area contributed by atoms with Gasteiger partial charge >= 0.3 is 0 Å². The molecular weight excluding hydrogens is 410 g/mol. The molecule has 0 fully saturated rings. The van der Waals surface area contributed by atoms with Crippen molar-refractivity contribution in [3.05, 3.63) is 65.7 Å². The standard InChI is InChI=1S/C24H31N3O5/c1-17(23(25)30)7-12-22(29)27-21(24(31)26-13-14-28)15-18-8-10-20(11-9-18)32-16-19-5-3-2-4-6-19/h2-6,8-11,17,21,28H,7,12-16H2,1H3,(H2,25,30)(H,26,31)(H,27,29). The van der Waals surface area contributed by atoms with Gasteiger partial charge in [0.05, 0.1) is 6.61 Å². The Morgan fingerprint density at radius 3 is 2.34 bits per heavy atom. The molecule has 2 aromatic rings. The summed E-state index contributed by atoms with van der Waals surface area (Å²) in [4.78, 5) is 35.9. The van der Waals surface area contributed by atoms with Crippen LogP contribution in [0.5, 0.6) is 5.75 Å². The lowest BCUT2D eigenvalue weighted by molar-refractivity contribution is -0.129. The van der Waals surface area contributed by atoms with Gasteiger partial charge in [0, 0.05) is 25.3 Å². The van der Waals surface area contributed by atoms with Crippen molar-refractivity contribution in [1.29, 1.82) is 0 Å². The second-order valence-corrected chi connectivity index (χ2v) is 7.60. The number of aliphatic hydroxyl groups excluding tert-OH is 1. The third-order valence-corrected chi connectivity index (χ3v) is 4.96. The van der Waals surface area contributed by atoms with E-state index in [1.165, 1.54) is 0 Å². The second-order valence-electron chi connectivity index (χ2n) is 7.60. The maximum atomic E-state index is 12.5. The number of primary amides is 1. The lowest BCUT2D eigenvalue weighted by Gasteiger charge is -2.19. The van der Waals surface area contributed by atoms with Crippen LogP contribution in [0.4, 0.5) is 0 Å². The van der Waals surface area contributed by atoms with E-state index in [1.807, 2.05) is 54.6 Å². The zero-order valence-electron chi connectivity index (χ0n) is 18.3. The fourth-order valence-corrected chi connectivity index (χ4v) is 2.97. The minimum Gasteiger partial charge on any atom is -0.489 e. The highest BCUT2D eigenvalue weighted by atomic mass is 16.5. The van der Waals surface area contributed by atoms with Gasteiger partial charge in [-0.2, -0.15) is 0 Å². The predicted molar refractivity (Wildman–Crippen MR) is 121 cm³/mol. The third kappa shape index (κ3) is 8.77. The molecule has 2 atom stereocenters. The van der Waals surface area contributed by atoms with Gasteiger partial charge in [-0.15, -0.1) is 0 Å². The van der Waals surface area contributed by atoms with Crippen LogP contribution >= 0.6 is 0 Å².